The van der Waals surface area contributed by atoms with Crippen molar-refractivity contribution in [1.82, 2.24) is 9.97 Å². The van der Waals surface area contributed by atoms with Crippen LogP contribution < -0.4 is 0 Å². The van der Waals surface area contributed by atoms with Crippen LogP contribution in [0.25, 0.3) is 17.5 Å². The van der Waals surface area contributed by atoms with Crippen LogP contribution in [0, 0.1) is 12.7 Å². The molecule has 1 aromatic heterocycles. The van der Waals surface area contributed by atoms with Gasteiger partial charge in [-0.25, -0.2) is 14.4 Å². The number of halogens is 4. The first-order valence-electron chi connectivity index (χ1n) is 6.75. The zero-order valence-corrected chi connectivity index (χ0v) is 11.7. The number of nitrogens with zero attached hydrogens (tertiary/aromatic N) is 2. The molecule has 0 fully saturated rings. The normalized spacial score (nSPS) is 14.5. The Morgan fingerprint density at radius 2 is 1.82 bits per heavy atom. The molecule has 0 radical (unpaired) electrons. The molecule has 0 saturated heterocycles. The van der Waals surface area contributed by atoms with Gasteiger partial charge in [0.1, 0.15) is 5.82 Å². The quantitative estimate of drug-likeness (QED) is 0.726. The summed E-state index contributed by atoms with van der Waals surface area (Å²) >= 11 is 0. The van der Waals surface area contributed by atoms with Gasteiger partial charge in [-0.15, -0.1) is 0 Å². The zero-order valence-electron chi connectivity index (χ0n) is 11.7. The summed E-state index contributed by atoms with van der Waals surface area (Å²) in [5.74, 6) is -0.368. The minimum atomic E-state index is -4.39. The van der Waals surface area contributed by atoms with E-state index in [4.69, 9.17) is 0 Å². The van der Waals surface area contributed by atoms with E-state index in [0.717, 1.165) is 11.6 Å². The molecule has 0 aliphatic heterocycles. The third-order valence-corrected chi connectivity index (χ3v) is 3.50. The fraction of sp³-hybridized carbons (Fsp3) is 0.250. The van der Waals surface area contributed by atoms with Crippen LogP contribution in [-0.2, 0) is 6.42 Å². The van der Waals surface area contributed by atoms with Crippen LogP contribution in [-0.4, -0.2) is 16.1 Å². The molecule has 2 bridgehead atoms. The van der Waals surface area contributed by atoms with Crippen molar-refractivity contribution in [1.29, 1.82) is 0 Å². The summed E-state index contributed by atoms with van der Waals surface area (Å²) in [7, 11) is 0. The highest BCUT2D eigenvalue weighted by Crippen LogP contribution is 2.33. The van der Waals surface area contributed by atoms with Crippen molar-refractivity contribution in [3.63, 3.8) is 0 Å². The summed E-state index contributed by atoms with van der Waals surface area (Å²) in [6, 6.07) is 6.11. The lowest BCUT2D eigenvalue weighted by Gasteiger charge is -2.08. The molecule has 3 rings (SSSR count). The number of allylic oxidation sites excluding steroid dienone is 1. The van der Waals surface area contributed by atoms with Crippen LogP contribution in [0.3, 0.4) is 0 Å². The van der Waals surface area contributed by atoms with E-state index in [2.05, 4.69) is 9.97 Å². The third kappa shape index (κ3) is 2.86. The number of fused-ring (bicyclic) bond motifs is 2. The Balaban J connectivity index is 2.09. The van der Waals surface area contributed by atoms with E-state index < -0.39 is 17.6 Å². The molecule has 22 heavy (non-hydrogen) atoms. The highest BCUT2D eigenvalue weighted by molar-refractivity contribution is 5.61. The standard InChI is InChI=1S/C16H12F4N2/c1-9-2-5-13(14(17)6-9)15-21-11-4-3-10(16(18,19)20)7-12(8-11)22-15/h2,5-8H,3-4H2,1H3. The number of hydrogen-bond donors (Lipinski definition) is 0. The van der Waals surface area contributed by atoms with Gasteiger partial charge in [-0.1, -0.05) is 6.07 Å². The van der Waals surface area contributed by atoms with Gasteiger partial charge in [0.15, 0.2) is 5.82 Å². The highest BCUT2D eigenvalue weighted by atomic mass is 19.4. The molecule has 1 heterocycles. The molecule has 114 valence electrons. The number of alkyl halides is 3. The molecule has 2 aromatic rings. The summed E-state index contributed by atoms with van der Waals surface area (Å²) in [4.78, 5) is 8.25. The van der Waals surface area contributed by atoms with Crippen LogP contribution in [0.5, 0.6) is 0 Å². The summed E-state index contributed by atoms with van der Waals surface area (Å²) in [5, 5.41) is 0. The van der Waals surface area contributed by atoms with Crippen molar-refractivity contribution in [2.45, 2.75) is 25.9 Å². The van der Waals surface area contributed by atoms with Crippen molar-refractivity contribution in [3.05, 3.63) is 52.6 Å². The van der Waals surface area contributed by atoms with Crippen LogP contribution in [0.4, 0.5) is 17.6 Å². The van der Waals surface area contributed by atoms with E-state index in [-0.39, 0.29) is 29.9 Å². The first kappa shape index (κ1) is 14.7. The van der Waals surface area contributed by atoms with Gasteiger partial charge in [0, 0.05) is 11.3 Å². The largest absolute Gasteiger partial charge is 0.412 e. The lowest BCUT2D eigenvalue weighted by atomic mass is 10.1. The minimum absolute atomic E-state index is 0.115. The molecule has 0 saturated carbocycles. The third-order valence-electron chi connectivity index (χ3n) is 3.50. The smallest absolute Gasteiger partial charge is 0.233 e. The number of rotatable bonds is 1. The van der Waals surface area contributed by atoms with E-state index in [1.165, 1.54) is 12.1 Å². The number of aromatic nitrogens is 2. The SMILES string of the molecule is Cc1ccc(-c2nc3cc(n2)CCC(C(F)(F)F)=C3)c(F)c1. The average molecular weight is 308 g/mol. The van der Waals surface area contributed by atoms with Gasteiger partial charge in [-0.05, 0) is 49.6 Å². The van der Waals surface area contributed by atoms with Gasteiger partial charge in [-0.3, -0.25) is 0 Å². The van der Waals surface area contributed by atoms with Crippen LogP contribution >= 0.6 is 0 Å². The zero-order chi connectivity index (χ0) is 15.9. The van der Waals surface area contributed by atoms with Gasteiger partial charge in [0.2, 0.25) is 0 Å². The van der Waals surface area contributed by atoms with E-state index in [1.807, 2.05) is 0 Å². The monoisotopic (exact) mass is 308 g/mol. The van der Waals surface area contributed by atoms with Gasteiger partial charge in [-0.2, -0.15) is 13.2 Å². The van der Waals surface area contributed by atoms with E-state index >= 15 is 0 Å². The van der Waals surface area contributed by atoms with Crippen molar-refractivity contribution >= 4 is 6.08 Å². The maximum atomic E-state index is 14.0. The van der Waals surface area contributed by atoms with Gasteiger partial charge < -0.3 is 0 Å². The number of aryl methyl sites for hydroxylation is 2. The molecule has 0 N–H and O–H groups in total. The van der Waals surface area contributed by atoms with Crippen molar-refractivity contribution in [3.8, 4) is 11.4 Å². The number of hydrogen-bond acceptors (Lipinski definition) is 2. The molecule has 0 unspecified atom stereocenters. The Hall–Kier alpha value is -2.24. The molecule has 0 spiro atoms. The Labute approximate surface area is 124 Å². The molecule has 1 aliphatic carbocycles. The van der Waals surface area contributed by atoms with Crippen LogP contribution in [0.1, 0.15) is 23.4 Å². The van der Waals surface area contributed by atoms with Crippen LogP contribution in [0.15, 0.2) is 29.8 Å². The number of benzene rings is 1. The molecular weight excluding hydrogens is 296 g/mol. The van der Waals surface area contributed by atoms with Crippen molar-refractivity contribution in [2.75, 3.05) is 0 Å². The van der Waals surface area contributed by atoms with Crippen molar-refractivity contribution < 1.29 is 17.6 Å². The van der Waals surface area contributed by atoms with Crippen LogP contribution in [0.2, 0.25) is 0 Å². The maximum Gasteiger partial charge on any atom is 0.412 e. The molecular formula is C16H12F4N2. The maximum absolute atomic E-state index is 14.0. The molecule has 6 heteroatoms. The first-order chi connectivity index (χ1) is 10.3. The van der Waals surface area contributed by atoms with Gasteiger partial charge in [0.05, 0.1) is 11.3 Å². The topological polar surface area (TPSA) is 25.8 Å². The molecule has 0 atom stereocenters. The lowest BCUT2D eigenvalue weighted by Crippen LogP contribution is -2.11. The molecule has 0 amide bonds. The second-order valence-electron chi connectivity index (χ2n) is 5.26. The average Bonchev–Trinajstić information content (AvgIpc) is 2.56. The Bertz CT molecular complexity index is 763. The Morgan fingerprint density at radius 3 is 2.50 bits per heavy atom. The molecule has 1 aromatic carbocycles. The Morgan fingerprint density at radius 1 is 1.05 bits per heavy atom. The lowest BCUT2D eigenvalue weighted by molar-refractivity contribution is -0.0929. The molecule has 2 nitrogen and oxygen atoms in total. The second kappa shape index (κ2) is 5.19. The summed E-state index contributed by atoms with van der Waals surface area (Å²) in [6.07, 6.45) is -3.37. The Kier molecular flexibility index (Phi) is 3.47. The van der Waals surface area contributed by atoms with E-state index in [1.54, 1.807) is 19.1 Å². The highest BCUT2D eigenvalue weighted by Gasteiger charge is 2.34. The summed E-state index contributed by atoms with van der Waals surface area (Å²) in [6.45, 7) is 1.75. The summed E-state index contributed by atoms with van der Waals surface area (Å²) in [5.41, 5.74) is 0.942. The molecule has 1 aliphatic rings. The van der Waals surface area contributed by atoms with E-state index in [9.17, 15) is 17.6 Å². The minimum Gasteiger partial charge on any atom is -0.233 e. The summed E-state index contributed by atoms with van der Waals surface area (Å²) < 4.78 is 52.6. The van der Waals surface area contributed by atoms with Crippen molar-refractivity contribution in [2.24, 2.45) is 0 Å². The fourth-order valence-corrected chi connectivity index (χ4v) is 2.38. The van der Waals surface area contributed by atoms with Gasteiger partial charge >= 0.3 is 6.18 Å². The second-order valence-corrected chi connectivity index (χ2v) is 5.26. The predicted octanol–water partition coefficient (Wildman–Crippen LogP) is 4.48. The predicted molar refractivity (Wildman–Crippen MR) is 74.5 cm³/mol. The first-order valence-corrected chi connectivity index (χ1v) is 6.75. The van der Waals surface area contributed by atoms with E-state index in [0.29, 0.717) is 5.69 Å². The van der Waals surface area contributed by atoms with Gasteiger partial charge in [0.25, 0.3) is 0 Å². The fourth-order valence-electron chi connectivity index (χ4n) is 2.38.